The van der Waals surface area contributed by atoms with Crippen LogP contribution < -0.4 is 10.6 Å². The van der Waals surface area contributed by atoms with Crippen LogP contribution in [0.15, 0.2) is 12.4 Å². The van der Waals surface area contributed by atoms with E-state index in [4.69, 9.17) is 5.11 Å². The zero-order valence-electron chi connectivity index (χ0n) is 12.1. The van der Waals surface area contributed by atoms with Crippen molar-refractivity contribution in [1.29, 1.82) is 0 Å². The minimum absolute atomic E-state index is 0.0673. The number of rotatable bonds is 4. The van der Waals surface area contributed by atoms with E-state index in [-0.39, 0.29) is 29.4 Å². The molecule has 0 bridgehead atoms. The summed E-state index contributed by atoms with van der Waals surface area (Å²) in [6.07, 6.45) is 2.91. The van der Waals surface area contributed by atoms with E-state index in [1.165, 1.54) is 17.1 Å². The molecule has 1 aliphatic carbocycles. The highest BCUT2D eigenvalue weighted by Crippen LogP contribution is 2.62. The SMILES string of the molecule is CC1(C)C(NC(=O)Nc2cnn(CC(=O)O)c2)C1(C)C. The number of hydrogen-bond donors (Lipinski definition) is 3. The van der Waals surface area contributed by atoms with Crippen molar-refractivity contribution in [3.8, 4) is 0 Å². The minimum atomic E-state index is -0.981. The Morgan fingerprint density at radius 2 is 1.95 bits per heavy atom. The average Bonchev–Trinajstić information content (AvgIpc) is 2.67. The fraction of sp³-hybridized carbons (Fsp3) is 0.615. The molecule has 1 aromatic rings. The van der Waals surface area contributed by atoms with Gasteiger partial charge in [0.15, 0.2) is 0 Å². The van der Waals surface area contributed by atoms with Gasteiger partial charge in [-0.3, -0.25) is 9.48 Å². The first-order valence-electron chi connectivity index (χ1n) is 6.46. The average molecular weight is 280 g/mol. The quantitative estimate of drug-likeness (QED) is 0.779. The number of urea groups is 1. The van der Waals surface area contributed by atoms with Crippen molar-refractivity contribution < 1.29 is 14.7 Å². The summed E-state index contributed by atoms with van der Waals surface area (Å²) in [6, 6.07) is -0.187. The van der Waals surface area contributed by atoms with Crippen molar-refractivity contribution in [1.82, 2.24) is 15.1 Å². The molecule has 0 atom stereocenters. The Morgan fingerprint density at radius 1 is 1.35 bits per heavy atom. The van der Waals surface area contributed by atoms with Gasteiger partial charge in [0.25, 0.3) is 0 Å². The molecule has 1 saturated carbocycles. The third-order valence-corrected chi connectivity index (χ3v) is 4.48. The van der Waals surface area contributed by atoms with Crippen LogP contribution in [0.1, 0.15) is 27.7 Å². The van der Waals surface area contributed by atoms with Gasteiger partial charge in [-0.25, -0.2) is 4.79 Å². The van der Waals surface area contributed by atoms with Crippen molar-refractivity contribution in [2.45, 2.75) is 40.3 Å². The van der Waals surface area contributed by atoms with E-state index in [0.29, 0.717) is 5.69 Å². The molecule has 110 valence electrons. The summed E-state index contributed by atoms with van der Waals surface area (Å²) < 4.78 is 1.25. The van der Waals surface area contributed by atoms with Crippen LogP contribution in [0.25, 0.3) is 0 Å². The Hall–Kier alpha value is -2.05. The van der Waals surface area contributed by atoms with Gasteiger partial charge in [0.05, 0.1) is 11.9 Å². The molecule has 0 saturated heterocycles. The molecule has 1 heterocycles. The standard InChI is InChI=1S/C13H20N4O3/c1-12(2)10(13(12,3)4)16-11(20)15-8-5-14-17(6-8)7-9(18)19/h5-6,10H,7H2,1-4H3,(H,18,19)(H2,15,16,20). The summed E-state index contributed by atoms with van der Waals surface area (Å²) in [6.45, 7) is 8.23. The van der Waals surface area contributed by atoms with Crippen molar-refractivity contribution in [3.05, 3.63) is 12.4 Å². The number of carboxylic acids is 1. The van der Waals surface area contributed by atoms with Gasteiger partial charge in [-0.15, -0.1) is 0 Å². The number of carboxylic acid groups (broad SMARTS) is 1. The summed E-state index contributed by atoms with van der Waals surface area (Å²) >= 11 is 0. The lowest BCUT2D eigenvalue weighted by Gasteiger charge is -2.07. The first kappa shape index (κ1) is 14.4. The monoisotopic (exact) mass is 280 g/mol. The smallest absolute Gasteiger partial charge is 0.325 e. The summed E-state index contributed by atoms with van der Waals surface area (Å²) in [4.78, 5) is 22.4. The number of nitrogens with zero attached hydrogens (tertiary/aromatic N) is 2. The zero-order chi connectivity index (χ0) is 15.1. The van der Waals surface area contributed by atoms with Gasteiger partial charge in [-0.2, -0.15) is 5.10 Å². The number of carbonyl (C=O) groups is 2. The second-order valence-corrected chi connectivity index (χ2v) is 6.30. The maximum Gasteiger partial charge on any atom is 0.325 e. The highest BCUT2D eigenvalue weighted by atomic mass is 16.4. The molecular weight excluding hydrogens is 260 g/mol. The van der Waals surface area contributed by atoms with E-state index < -0.39 is 5.97 Å². The second-order valence-electron chi connectivity index (χ2n) is 6.30. The molecule has 0 spiro atoms. The van der Waals surface area contributed by atoms with Crippen LogP contribution in [0.5, 0.6) is 0 Å². The molecule has 0 aromatic carbocycles. The molecule has 7 nitrogen and oxygen atoms in total. The number of nitrogens with one attached hydrogen (secondary N) is 2. The van der Waals surface area contributed by atoms with Crippen LogP contribution in [0, 0.1) is 10.8 Å². The molecule has 0 aliphatic heterocycles. The molecule has 1 aromatic heterocycles. The van der Waals surface area contributed by atoms with Gasteiger partial charge >= 0.3 is 12.0 Å². The van der Waals surface area contributed by atoms with Crippen LogP contribution >= 0.6 is 0 Å². The Balaban J connectivity index is 1.90. The predicted octanol–water partition coefficient (Wildman–Crippen LogP) is 1.52. The Labute approximate surface area is 117 Å². The van der Waals surface area contributed by atoms with Crippen molar-refractivity contribution >= 4 is 17.7 Å². The molecule has 7 heteroatoms. The van der Waals surface area contributed by atoms with Gasteiger partial charge in [0.2, 0.25) is 0 Å². The maximum absolute atomic E-state index is 11.9. The predicted molar refractivity (Wildman–Crippen MR) is 73.4 cm³/mol. The fourth-order valence-corrected chi connectivity index (χ4v) is 2.51. The van der Waals surface area contributed by atoms with Crippen LogP contribution in [-0.4, -0.2) is 32.9 Å². The molecule has 20 heavy (non-hydrogen) atoms. The van der Waals surface area contributed by atoms with Crippen molar-refractivity contribution in [2.75, 3.05) is 5.32 Å². The minimum Gasteiger partial charge on any atom is -0.480 e. The maximum atomic E-state index is 11.9. The van der Waals surface area contributed by atoms with Crippen LogP contribution in [0.2, 0.25) is 0 Å². The van der Waals surface area contributed by atoms with Crippen LogP contribution in [-0.2, 0) is 11.3 Å². The Kier molecular flexibility index (Phi) is 3.23. The molecule has 2 rings (SSSR count). The van der Waals surface area contributed by atoms with Gasteiger partial charge in [-0.1, -0.05) is 27.7 Å². The number of amides is 2. The molecule has 2 amide bonds. The van der Waals surface area contributed by atoms with E-state index in [2.05, 4.69) is 43.4 Å². The van der Waals surface area contributed by atoms with Crippen molar-refractivity contribution in [2.24, 2.45) is 10.8 Å². The number of aliphatic carboxylic acids is 1. The van der Waals surface area contributed by atoms with Crippen LogP contribution in [0.4, 0.5) is 10.5 Å². The number of hydrogen-bond acceptors (Lipinski definition) is 3. The molecule has 0 unspecified atom stereocenters. The first-order chi connectivity index (χ1) is 9.14. The lowest BCUT2D eigenvalue weighted by molar-refractivity contribution is -0.137. The third kappa shape index (κ3) is 2.48. The molecule has 1 aliphatic rings. The third-order valence-electron chi connectivity index (χ3n) is 4.48. The largest absolute Gasteiger partial charge is 0.480 e. The lowest BCUT2D eigenvalue weighted by Crippen LogP contribution is -2.33. The van der Waals surface area contributed by atoms with E-state index >= 15 is 0 Å². The first-order valence-corrected chi connectivity index (χ1v) is 6.46. The second kappa shape index (κ2) is 4.50. The molecular formula is C13H20N4O3. The Bertz CT molecular complexity index is 534. The van der Waals surface area contributed by atoms with Crippen molar-refractivity contribution in [3.63, 3.8) is 0 Å². The number of aromatic nitrogens is 2. The highest BCUT2D eigenvalue weighted by Gasteiger charge is 2.65. The topological polar surface area (TPSA) is 96.3 Å². The fourth-order valence-electron chi connectivity index (χ4n) is 2.51. The summed E-state index contributed by atoms with van der Waals surface area (Å²) in [5.74, 6) is -0.981. The summed E-state index contributed by atoms with van der Waals surface area (Å²) in [5.41, 5.74) is 0.607. The number of anilines is 1. The molecule has 3 N–H and O–H groups in total. The van der Waals surface area contributed by atoms with Gasteiger partial charge in [0.1, 0.15) is 6.54 Å². The van der Waals surface area contributed by atoms with E-state index in [0.717, 1.165) is 0 Å². The lowest BCUT2D eigenvalue weighted by atomic mass is 10.0. The summed E-state index contributed by atoms with van der Waals surface area (Å²) in [5, 5.41) is 18.1. The summed E-state index contributed by atoms with van der Waals surface area (Å²) in [7, 11) is 0. The normalized spacial score (nSPS) is 19.4. The van der Waals surface area contributed by atoms with Crippen LogP contribution in [0.3, 0.4) is 0 Å². The molecule has 1 fully saturated rings. The van der Waals surface area contributed by atoms with Gasteiger partial charge < -0.3 is 15.7 Å². The number of carbonyl (C=O) groups excluding carboxylic acids is 1. The van der Waals surface area contributed by atoms with E-state index in [1.54, 1.807) is 0 Å². The van der Waals surface area contributed by atoms with Gasteiger partial charge in [-0.05, 0) is 10.8 Å². The molecule has 0 radical (unpaired) electrons. The zero-order valence-corrected chi connectivity index (χ0v) is 12.1. The Morgan fingerprint density at radius 3 is 2.45 bits per heavy atom. The van der Waals surface area contributed by atoms with Gasteiger partial charge in [0, 0.05) is 12.2 Å². The van der Waals surface area contributed by atoms with E-state index in [9.17, 15) is 9.59 Å². The van der Waals surface area contributed by atoms with E-state index in [1.807, 2.05) is 0 Å². The highest BCUT2D eigenvalue weighted by molar-refractivity contribution is 5.89.